The molecule has 3 atom stereocenters. The predicted octanol–water partition coefficient (Wildman–Crippen LogP) is 3.25. The number of hydrogen-bond donors (Lipinski definition) is 1. The Bertz CT molecular complexity index is 681. The van der Waals surface area contributed by atoms with Crippen LogP contribution < -0.4 is 0 Å². The van der Waals surface area contributed by atoms with Crippen LogP contribution in [0, 0.1) is 27.6 Å². The molecule has 0 aromatic heterocycles. The Balaban J connectivity index is 1.73. The molecule has 0 bridgehead atoms. The summed E-state index contributed by atoms with van der Waals surface area (Å²) in [5.41, 5.74) is -0.656. The Hall–Kier alpha value is -1.71. The topological polar surface area (TPSA) is 81.8 Å². The molecule has 2 aliphatic rings. The average Bonchev–Trinajstić information content (AvgIpc) is 2.98. The van der Waals surface area contributed by atoms with Crippen molar-refractivity contribution in [3.63, 3.8) is 0 Å². The van der Waals surface area contributed by atoms with E-state index in [-0.39, 0.29) is 19.1 Å². The van der Waals surface area contributed by atoms with Crippen molar-refractivity contribution < 1.29 is 32.7 Å². The van der Waals surface area contributed by atoms with Crippen molar-refractivity contribution in [3.05, 3.63) is 45.3 Å². The van der Waals surface area contributed by atoms with Crippen LogP contribution in [-0.4, -0.2) is 34.6 Å². The van der Waals surface area contributed by atoms with Crippen LogP contribution in [-0.2, 0) is 9.47 Å². The minimum atomic E-state index is -1.94. The largest absolute Gasteiger partial charge is 0.381 e. The van der Waals surface area contributed by atoms with Crippen LogP contribution in [0.15, 0.2) is 12.1 Å². The highest BCUT2D eigenvalue weighted by Crippen LogP contribution is 2.39. The van der Waals surface area contributed by atoms with Crippen LogP contribution in [0.3, 0.4) is 0 Å². The van der Waals surface area contributed by atoms with Gasteiger partial charge in [0.05, 0.1) is 12.7 Å². The molecule has 1 aliphatic carbocycles. The molecule has 0 radical (unpaired) electrons. The molecule has 3 rings (SSSR count). The van der Waals surface area contributed by atoms with Crippen LogP contribution in [0.5, 0.6) is 0 Å². The first-order chi connectivity index (χ1) is 12.3. The third-order valence-electron chi connectivity index (χ3n) is 5.03. The number of halogens is 3. The second kappa shape index (κ2) is 7.50. The Morgan fingerprint density at radius 2 is 1.85 bits per heavy atom. The minimum absolute atomic E-state index is 0.136. The number of hydrogen-bond acceptors (Lipinski definition) is 5. The van der Waals surface area contributed by atoms with Crippen molar-refractivity contribution in [3.8, 4) is 0 Å². The van der Waals surface area contributed by atoms with Gasteiger partial charge in [0.15, 0.2) is 17.4 Å². The van der Waals surface area contributed by atoms with Gasteiger partial charge in [0.1, 0.15) is 11.9 Å². The number of rotatable bonds is 5. The molecule has 0 amide bonds. The van der Waals surface area contributed by atoms with Crippen molar-refractivity contribution in [2.24, 2.45) is 0 Å². The molecular weight excluding hydrogens is 355 g/mol. The summed E-state index contributed by atoms with van der Waals surface area (Å²) >= 11 is 0. The second-order valence-electron chi connectivity index (χ2n) is 6.84. The van der Waals surface area contributed by atoms with Crippen molar-refractivity contribution in [1.29, 1.82) is 0 Å². The quantitative estimate of drug-likeness (QED) is 0.485. The van der Waals surface area contributed by atoms with Gasteiger partial charge in [0.25, 0.3) is 0 Å². The van der Waals surface area contributed by atoms with E-state index in [0.29, 0.717) is 18.9 Å². The van der Waals surface area contributed by atoms with Crippen molar-refractivity contribution in [2.75, 3.05) is 6.61 Å². The maximum absolute atomic E-state index is 13.9. The molecule has 6 nitrogen and oxygen atoms in total. The summed E-state index contributed by atoms with van der Waals surface area (Å²) in [6, 6.07) is -0.931. The zero-order valence-corrected chi connectivity index (χ0v) is 14.0. The minimum Gasteiger partial charge on any atom is -0.381 e. The normalized spacial score (nSPS) is 24.5. The number of nitro groups is 1. The lowest BCUT2D eigenvalue weighted by molar-refractivity contribution is -0.538. The zero-order chi connectivity index (χ0) is 18.9. The lowest BCUT2D eigenvalue weighted by atomic mass is 9.94. The Labute approximate surface area is 148 Å². The molecule has 9 heteroatoms. The van der Waals surface area contributed by atoms with Gasteiger partial charge in [-0.2, -0.15) is 0 Å². The van der Waals surface area contributed by atoms with Gasteiger partial charge in [-0.1, -0.05) is 6.42 Å². The highest BCUT2D eigenvalue weighted by Gasteiger charge is 2.45. The Morgan fingerprint density at radius 1 is 1.19 bits per heavy atom. The summed E-state index contributed by atoms with van der Waals surface area (Å²) in [6.45, 7) is 0.136. The molecule has 26 heavy (non-hydrogen) atoms. The van der Waals surface area contributed by atoms with E-state index in [0.717, 1.165) is 19.3 Å². The molecule has 1 saturated heterocycles. The van der Waals surface area contributed by atoms with Gasteiger partial charge < -0.3 is 14.6 Å². The molecule has 144 valence electrons. The monoisotopic (exact) mass is 375 g/mol. The lowest BCUT2D eigenvalue weighted by Crippen LogP contribution is -2.36. The maximum atomic E-state index is 13.9. The smallest absolute Gasteiger partial charge is 0.245 e. The van der Waals surface area contributed by atoms with Crippen LogP contribution in [0.2, 0.25) is 0 Å². The molecule has 1 saturated carbocycles. The molecule has 1 aromatic carbocycles. The summed E-state index contributed by atoms with van der Waals surface area (Å²) in [6.07, 6.45) is 1.56. The molecule has 2 unspecified atom stereocenters. The molecule has 1 spiro atoms. The van der Waals surface area contributed by atoms with Crippen LogP contribution in [0.4, 0.5) is 13.2 Å². The van der Waals surface area contributed by atoms with Gasteiger partial charge in [0, 0.05) is 35.8 Å². The average molecular weight is 375 g/mol. The summed E-state index contributed by atoms with van der Waals surface area (Å²) in [5, 5.41) is 21.6. The number of benzene rings is 1. The van der Waals surface area contributed by atoms with Crippen LogP contribution >= 0.6 is 0 Å². The fourth-order valence-corrected chi connectivity index (χ4v) is 3.66. The first-order valence-electron chi connectivity index (χ1n) is 8.59. The molecule has 1 N–H and O–H groups in total. The summed E-state index contributed by atoms with van der Waals surface area (Å²) < 4.78 is 51.8. The van der Waals surface area contributed by atoms with Gasteiger partial charge >= 0.3 is 0 Å². The third kappa shape index (κ3) is 3.84. The van der Waals surface area contributed by atoms with Gasteiger partial charge in [-0.15, -0.1) is 0 Å². The van der Waals surface area contributed by atoms with E-state index in [9.17, 15) is 28.4 Å². The summed E-state index contributed by atoms with van der Waals surface area (Å²) in [4.78, 5) is 10.6. The summed E-state index contributed by atoms with van der Waals surface area (Å²) in [7, 11) is 0. The number of ether oxygens (including phenoxy) is 2. The van der Waals surface area contributed by atoms with Gasteiger partial charge in [-0.25, -0.2) is 13.2 Å². The molecule has 1 heterocycles. The van der Waals surface area contributed by atoms with E-state index in [1.54, 1.807) is 0 Å². The number of aliphatic hydroxyl groups is 1. The van der Waals surface area contributed by atoms with Crippen LogP contribution in [0.25, 0.3) is 0 Å². The van der Waals surface area contributed by atoms with E-state index in [2.05, 4.69) is 0 Å². The lowest BCUT2D eigenvalue weighted by Gasteiger charge is -2.32. The SMILES string of the molecule is O=[N+]([O-])C(C[C@H]1COC2(CCCCC2)O1)C(O)c1cc(F)c(F)cc1F. The number of nitrogens with zero attached hydrogens (tertiary/aromatic N) is 1. The van der Waals surface area contributed by atoms with Crippen molar-refractivity contribution >= 4 is 0 Å². The van der Waals surface area contributed by atoms with Gasteiger partial charge in [-0.3, -0.25) is 10.1 Å². The van der Waals surface area contributed by atoms with Gasteiger partial charge in [0.2, 0.25) is 6.04 Å². The molecule has 1 aromatic rings. The molecular formula is C17H20F3NO5. The highest BCUT2D eigenvalue weighted by molar-refractivity contribution is 5.23. The standard InChI is InChI=1S/C17H20F3NO5/c18-12-8-14(20)13(19)7-11(12)16(22)15(21(23)24)6-10-9-25-17(26-10)4-2-1-3-5-17/h7-8,10,15-16,22H,1-6,9H2/t10-,15?,16?/m0/s1. The van der Waals surface area contributed by atoms with E-state index < -0.39 is 52.0 Å². The molecule has 1 aliphatic heterocycles. The van der Waals surface area contributed by atoms with E-state index in [4.69, 9.17) is 9.47 Å². The van der Waals surface area contributed by atoms with Crippen molar-refractivity contribution in [2.45, 2.75) is 62.6 Å². The summed E-state index contributed by atoms with van der Waals surface area (Å²) in [5.74, 6) is -4.79. The Kier molecular flexibility index (Phi) is 5.50. The maximum Gasteiger partial charge on any atom is 0.245 e. The first-order valence-corrected chi connectivity index (χ1v) is 8.59. The fraction of sp³-hybridized carbons (Fsp3) is 0.647. The molecule has 2 fully saturated rings. The first kappa shape index (κ1) is 19.1. The van der Waals surface area contributed by atoms with E-state index in [1.807, 2.05) is 0 Å². The number of aliphatic hydroxyl groups excluding tert-OH is 1. The van der Waals surface area contributed by atoms with Gasteiger partial charge in [-0.05, 0) is 18.9 Å². The predicted molar refractivity (Wildman–Crippen MR) is 83.3 cm³/mol. The van der Waals surface area contributed by atoms with E-state index >= 15 is 0 Å². The van der Waals surface area contributed by atoms with Crippen molar-refractivity contribution in [1.82, 2.24) is 0 Å². The zero-order valence-electron chi connectivity index (χ0n) is 14.0. The van der Waals surface area contributed by atoms with E-state index in [1.165, 1.54) is 0 Å². The second-order valence-corrected chi connectivity index (χ2v) is 6.84. The fourth-order valence-electron chi connectivity index (χ4n) is 3.66. The Morgan fingerprint density at radius 3 is 2.50 bits per heavy atom. The third-order valence-corrected chi connectivity index (χ3v) is 5.03. The highest BCUT2D eigenvalue weighted by atomic mass is 19.2. The van der Waals surface area contributed by atoms with Crippen LogP contribution in [0.1, 0.15) is 50.2 Å².